The second kappa shape index (κ2) is 9.14. The lowest BCUT2D eigenvalue weighted by molar-refractivity contribution is -0.119. The summed E-state index contributed by atoms with van der Waals surface area (Å²) in [6.07, 6.45) is 3.02. The number of benzene rings is 1. The van der Waals surface area contributed by atoms with Crippen molar-refractivity contribution >= 4 is 23.5 Å². The minimum Gasteiger partial charge on any atom is -0.480 e. The van der Waals surface area contributed by atoms with Crippen LogP contribution >= 0.6 is 0 Å². The number of fused-ring (bicyclic) bond motifs is 4. The molecular weight excluding hydrogens is 432 g/mol. The minimum atomic E-state index is -0.934. The molecule has 0 spiro atoms. The molecule has 34 heavy (non-hydrogen) atoms. The smallest absolute Gasteiger partial charge is 0.257 e. The van der Waals surface area contributed by atoms with E-state index < -0.39 is 5.60 Å². The van der Waals surface area contributed by atoms with Gasteiger partial charge in [-0.15, -0.1) is 0 Å². The van der Waals surface area contributed by atoms with Gasteiger partial charge in [-0.1, -0.05) is 13.8 Å². The molecule has 1 aromatic carbocycles. The van der Waals surface area contributed by atoms with E-state index in [1.165, 1.54) is 0 Å². The maximum atomic E-state index is 13.5. The Morgan fingerprint density at radius 2 is 1.94 bits per heavy atom. The van der Waals surface area contributed by atoms with Gasteiger partial charge in [0.2, 0.25) is 0 Å². The molecule has 1 aliphatic heterocycles. The van der Waals surface area contributed by atoms with Crippen molar-refractivity contribution in [2.75, 3.05) is 7.11 Å². The number of rotatable bonds is 9. The number of nitrogens with zero attached hydrogens (tertiary/aromatic N) is 2. The Hall–Kier alpha value is -3.32. The van der Waals surface area contributed by atoms with Crippen LogP contribution in [0.3, 0.4) is 0 Å². The zero-order chi connectivity index (χ0) is 24.6. The Bertz CT molecular complexity index is 1340. The van der Waals surface area contributed by atoms with Crippen LogP contribution in [0.25, 0.3) is 22.3 Å². The summed E-state index contributed by atoms with van der Waals surface area (Å²) in [4.78, 5) is 41.5. The second-order valence-electron chi connectivity index (χ2n) is 9.21. The first-order valence-corrected chi connectivity index (χ1v) is 11.6. The highest BCUT2D eigenvalue weighted by Gasteiger charge is 2.29. The number of carbonyl (C=O) groups is 2. The van der Waals surface area contributed by atoms with E-state index in [0.29, 0.717) is 29.8 Å². The van der Waals surface area contributed by atoms with E-state index in [-0.39, 0.29) is 18.1 Å². The summed E-state index contributed by atoms with van der Waals surface area (Å²) >= 11 is 0. The van der Waals surface area contributed by atoms with Crippen molar-refractivity contribution in [3.63, 3.8) is 0 Å². The van der Waals surface area contributed by atoms with Crippen LogP contribution in [0.2, 0.25) is 0 Å². The molecule has 1 aliphatic rings. The number of carbonyl (C=O) groups excluding carboxylic acids is 2. The molecular formula is C27H30N2O5. The lowest BCUT2D eigenvalue weighted by Gasteiger charge is -2.20. The van der Waals surface area contributed by atoms with E-state index in [2.05, 4.69) is 6.92 Å². The van der Waals surface area contributed by atoms with Gasteiger partial charge in [-0.05, 0) is 62.1 Å². The maximum Gasteiger partial charge on any atom is 0.257 e. The SMILES string of the molecule is CCc1c2c(nc3ccc(OC(C)(C)C=O)cc13)-c1cc(C(C=O)CC)c(COC)c(=O)n1C2. The molecule has 1 unspecified atom stereocenters. The molecule has 7 nitrogen and oxygen atoms in total. The van der Waals surface area contributed by atoms with E-state index >= 15 is 0 Å². The van der Waals surface area contributed by atoms with E-state index in [1.54, 1.807) is 31.6 Å². The van der Waals surface area contributed by atoms with E-state index in [1.807, 2.05) is 25.1 Å². The number of methoxy groups -OCH3 is 1. The molecule has 0 radical (unpaired) electrons. The molecule has 0 saturated heterocycles. The fraction of sp³-hybridized carbons (Fsp3) is 0.407. The second-order valence-corrected chi connectivity index (χ2v) is 9.21. The standard InChI is InChI=1S/C27H30N2O5/c1-6-16(13-30)19-11-24-25-21(12-29(24)26(32)22(19)14-33-5)18(7-2)20-10-17(8-9-23(20)28-25)34-27(3,4)15-31/h8-11,13,15-16H,6-7,12,14H2,1-5H3. The summed E-state index contributed by atoms with van der Waals surface area (Å²) in [7, 11) is 1.55. The van der Waals surface area contributed by atoms with Crippen LogP contribution in [0.4, 0.5) is 0 Å². The van der Waals surface area contributed by atoms with E-state index in [9.17, 15) is 14.4 Å². The van der Waals surface area contributed by atoms with Crippen molar-refractivity contribution in [3.8, 4) is 17.1 Å². The van der Waals surface area contributed by atoms with Gasteiger partial charge >= 0.3 is 0 Å². The largest absolute Gasteiger partial charge is 0.480 e. The van der Waals surface area contributed by atoms with Crippen molar-refractivity contribution in [1.82, 2.24) is 9.55 Å². The fourth-order valence-electron chi connectivity index (χ4n) is 4.75. The van der Waals surface area contributed by atoms with Gasteiger partial charge in [0.25, 0.3) is 5.56 Å². The van der Waals surface area contributed by atoms with Gasteiger partial charge in [0.05, 0.1) is 30.1 Å². The molecule has 0 fully saturated rings. The fourth-order valence-corrected chi connectivity index (χ4v) is 4.75. The van der Waals surface area contributed by atoms with Crippen LogP contribution in [0.15, 0.2) is 29.1 Å². The van der Waals surface area contributed by atoms with Crippen molar-refractivity contribution in [3.05, 3.63) is 56.9 Å². The summed E-state index contributed by atoms with van der Waals surface area (Å²) in [6, 6.07) is 7.54. The third kappa shape index (κ3) is 3.94. The predicted molar refractivity (Wildman–Crippen MR) is 130 cm³/mol. The first-order chi connectivity index (χ1) is 16.3. The highest BCUT2D eigenvalue weighted by molar-refractivity contribution is 5.89. The number of ether oxygens (including phenoxy) is 2. The molecule has 3 heterocycles. The maximum absolute atomic E-state index is 13.5. The number of aryl methyl sites for hydroxylation is 1. The average Bonchev–Trinajstić information content (AvgIpc) is 3.19. The monoisotopic (exact) mass is 462 g/mol. The lowest BCUT2D eigenvalue weighted by atomic mass is 9.93. The van der Waals surface area contributed by atoms with Crippen LogP contribution in [0.1, 0.15) is 62.3 Å². The number of aldehydes is 2. The zero-order valence-corrected chi connectivity index (χ0v) is 20.3. The highest BCUT2D eigenvalue weighted by Crippen LogP contribution is 2.38. The molecule has 1 atom stereocenters. The Morgan fingerprint density at radius 1 is 1.18 bits per heavy atom. The molecule has 0 N–H and O–H groups in total. The Balaban J connectivity index is 1.94. The van der Waals surface area contributed by atoms with Crippen LogP contribution in [-0.2, 0) is 33.9 Å². The third-order valence-electron chi connectivity index (χ3n) is 6.48. The van der Waals surface area contributed by atoms with Crippen molar-refractivity contribution in [1.29, 1.82) is 0 Å². The first kappa shape index (κ1) is 23.8. The highest BCUT2D eigenvalue weighted by atomic mass is 16.5. The summed E-state index contributed by atoms with van der Waals surface area (Å²) in [5.41, 5.74) is 4.54. The van der Waals surface area contributed by atoms with E-state index in [4.69, 9.17) is 14.5 Å². The van der Waals surface area contributed by atoms with Crippen LogP contribution in [0, 0.1) is 0 Å². The lowest BCUT2D eigenvalue weighted by Crippen LogP contribution is -2.29. The van der Waals surface area contributed by atoms with Crippen LogP contribution < -0.4 is 10.3 Å². The molecule has 178 valence electrons. The Kier molecular flexibility index (Phi) is 6.41. The van der Waals surface area contributed by atoms with Crippen molar-refractivity contribution < 1.29 is 19.1 Å². The van der Waals surface area contributed by atoms with Gasteiger partial charge in [-0.25, -0.2) is 4.98 Å². The Morgan fingerprint density at radius 3 is 2.56 bits per heavy atom. The van der Waals surface area contributed by atoms with Gasteiger partial charge in [-0.3, -0.25) is 9.59 Å². The molecule has 7 heteroatoms. The molecule has 0 bridgehead atoms. The summed E-state index contributed by atoms with van der Waals surface area (Å²) in [5, 5.41) is 0.943. The summed E-state index contributed by atoms with van der Waals surface area (Å²) < 4.78 is 12.9. The van der Waals surface area contributed by atoms with Gasteiger partial charge in [0.1, 0.15) is 12.0 Å². The predicted octanol–water partition coefficient (Wildman–Crippen LogP) is 4.18. The summed E-state index contributed by atoms with van der Waals surface area (Å²) in [6.45, 7) is 8.00. The number of hydrogen-bond acceptors (Lipinski definition) is 6. The van der Waals surface area contributed by atoms with Crippen LogP contribution in [-0.4, -0.2) is 34.8 Å². The van der Waals surface area contributed by atoms with Crippen LogP contribution in [0.5, 0.6) is 5.75 Å². The van der Waals surface area contributed by atoms with Gasteiger partial charge in [0, 0.05) is 29.5 Å². The molecule has 0 aliphatic carbocycles. The van der Waals surface area contributed by atoms with Gasteiger partial charge in [0.15, 0.2) is 11.9 Å². The molecule has 3 aromatic rings. The van der Waals surface area contributed by atoms with Gasteiger partial charge < -0.3 is 18.8 Å². The number of pyridine rings is 2. The average molecular weight is 463 g/mol. The zero-order valence-electron chi connectivity index (χ0n) is 20.3. The first-order valence-electron chi connectivity index (χ1n) is 11.6. The number of aromatic nitrogens is 2. The normalized spacial score (nSPS) is 13.4. The molecule has 0 saturated carbocycles. The molecule has 2 aromatic heterocycles. The summed E-state index contributed by atoms with van der Waals surface area (Å²) in [5.74, 6) is 0.218. The Labute approximate surface area is 198 Å². The number of hydrogen-bond donors (Lipinski definition) is 0. The molecule has 4 rings (SSSR count). The topological polar surface area (TPSA) is 87.5 Å². The third-order valence-corrected chi connectivity index (χ3v) is 6.48. The van der Waals surface area contributed by atoms with E-state index in [0.717, 1.165) is 52.4 Å². The van der Waals surface area contributed by atoms with Crippen molar-refractivity contribution in [2.24, 2.45) is 0 Å². The quantitative estimate of drug-likeness (QED) is 0.347. The van der Waals surface area contributed by atoms with Gasteiger partial charge in [-0.2, -0.15) is 0 Å². The van der Waals surface area contributed by atoms with Crippen molar-refractivity contribution in [2.45, 2.75) is 65.2 Å². The minimum absolute atomic E-state index is 0.143. The molecule has 0 amide bonds.